The van der Waals surface area contributed by atoms with Crippen molar-refractivity contribution >= 4 is 17.5 Å². The Morgan fingerprint density at radius 2 is 1.42 bits per heavy atom. The Morgan fingerprint density at radius 1 is 0.788 bits per heavy atom. The van der Waals surface area contributed by atoms with E-state index in [-0.39, 0.29) is 17.2 Å². The summed E-state index contributed by atoms with van der Waals surface area (Å²) in [7, 11) is 0. The average Bonchev–Trinajstić information content (AvgIpc) is 3.58. The number of anilines is 1. The molecule has 3 fully saturated rings. The second kappa shape index (κ2) is 9.58. The maximum atomic E-state index is 13.2. The molecule has 5 nitrogen and oxygen atoms in total. The quantitative estimate of drug-likeness (QED) is 0.675. The number of hydrogen-bond donors (Lipinski definition) is 0. The predicted molar refractivity (Wildman–Crippen MR) is 131 cm³/mol. The van der Waals surface area contributed by atoms with Gasteiger partial charge in [-0.2, -0.15) is 0 Å². The van der Waals surface area contributed by atoms with Crippen LogP contribution in [0.5, 0.6) is 0 Å². The molecule has 174 valence electrons. The molecule has 0 N–H and O–H groups in total. The Bertz CT molecular complexity index is 946. The Balaban J connectivity index is 1.05. The number of piperidine rings is 1. The highest BCUT2D eigenvalue weighted by Crippen LogP contribution is 2.60. The Labute approximate surface area is 197 Å². The van der Waals surface area contributed by atoms with E-state index >= 15 is 0 Å². The molecule has 5 heteroatoms. The molecule has 33 heavy (non-hydrogen) atoms. The van der Waals surface area contributed by atoms with Crippen LogP contribution in [0.2, 0.25) is 0 Å². The summed E-state index contributed by atoms with van der Waals surface area (Å²) in [6.45, 7) is 5.06. The van der Waals surface area contributed by atoms with Crippen molar-refractivity contribution in [1.29, 1.82) is 0 Å². The maximum absolute atomic E-state index is 13.2. The molecule has 2 aromatic carbocycles. The van der Waals surface area contributed by atoms with Gasteiger partial charge in [0.15, 0.2) is 0 Å². The topological polar surface area (TPSA) is 43.9 Å². The molecule has 2 amide bonds. The lowest BCUT2D eigenvalue weighted by atomic mass is 9.90. The van der Waals surface area contributed by atoms with Crippen LogP contribution < -0.4 is 4.90 Å². The number of para-hydroxylation sites is 1. The van der Waals surface area contributed by atoms with Crippen LogP contribution in [-0.2, 0) is 16.0 Å². The second-order valence-electron chi connectivity index (χ2n) is 9.99. The molecule has 1 saturated carbocycles. The van der Waals surface area contributed by atoms with Crippen LogP contribution in [0.25, 0.3) is 0 Å². The Hall–Kier alpha value is -2.82. The van der Waals surface area contributed by atoms with Crippen molar-refractivity contribution in [1.82, 2.24) is 9.80 Å². The first-order valence-electron chi connectivity index (χ1n) is 12.6. The molecule has 1 atom stereocenters. The first-order valence-corrected chi connectivity index (χ1v) is 12.6. The third kappa shape index (κ3) is 4.92. The third-order valence-electron chi connectivity index (χ3n) is 8.01. The monoisotopic (exact) mass is 445 g/mol. The Kier molecular flexibility index (Phi) is 6.39. The van der Waals surface area contributed by atoms with Crippen LogP contribution in [0.1, 0.15) is 37.7 Å². The van der Waals surface area contributed by atoms with E-state index in [1.165, 1.54) is 11.3 Å². The summed E-state index contributed by atoms with van der Waals surface area (Å²) in [5.74, 6) is 0.808. The fourth-order valence-corrected chi connectivity index (χ4v) is 5.74. The molecule has 0 radical (unpaired) electrons. The van der Waals surface area contributed by atoms with E-state index in [1.54, 1.807) is 0 Å². The molecule has 1 spiro atoms. The summed E-state index contributed by atoms with van der Waals surface area (Å²) < 4.78 is 0. The number of benzene rings is 2. The van der Waals surface area contributed by atoms with Gasteiger partial charge in [-0.25, -0.2) is 0 Å². The largest absolute Gasteiger partial charge is 0.368 e. The molecule has 0 aromatic heterocycles. The molecule has 5 rings (SSSR count). The van der Waals surface area contributed by atoms with Crippen LogP contribution >= 0.6 is 0 Å². The van der Waals surface area contributed by atoms with Gasteiger partial charge in [0, 0.05) is 57.3 Å². The van der Waals surface area contributed by atoms with Crippen LogP contribution in [-0.4, -0.2) is 60.9 Å². The van der Waals surface area contributed by atoms with Crippen LogP contribution in [0.15, 0.2) is 60.7 Å². The highest BCUT2D eigenvalue weighted by atomic mass is 16.2. The van der Waals surface area contributed by atoms with Crippen LogP contribution in [0.4, 0.5) is 5.69 Å². The fraction of sp³-hybridized carbons (Fsp3) is 0.500. The lowest BCUT2D eigenvalue weighted by Gasteiger charge is -2.37. The van der Waals surface area contributed by atoms with Crippen molar-refractivity contribution in [3.05, 3.63) is 66.2 Å². The Morgan fingerprint density at radius 3 is 2.09 bits per heavy atom. The van der Waals surface area contributed by atoms with E-state index < -0.39 is 0 Å². The number of carbonyl (C=O) groups excluding carboxylic acids is 2. The van der Waals surface area contributed by atoms with E-state index in [2.05, 4.69) is 58.3 Å². The zero-order valence-corrected chi connectivity index (χ0v) is 19.5. The van der Waals surface area contributed by atoms with Gasteiger partial charge in [-0.05, 0) is 55.2 Å². The maximum Gasteiger partial charge on any atom is 0.226 e. The number of piperazine rings is 1. The first kappa shape index (κ1) is 22.0. The van der Waals surface area contributed by atoms with Crippen molar-refractivity contribution in [2.75, 3.05) is 44.2 Å². The SMILES string of the molecule is O=C(CCCc1ccccc1)N1CCC2(CC1)C[C@H]2C(=O)N1CCN(c2ccccc2)CC1. The fourth-order valence-electron chi connectivity index (χ4n) is 5.74. The van der Waals surface area contributed by atoms with E-state index in [0.717, 1.165) is 71.4 Å². The summed E-state index contributed by atoms with van der Waals surface area (Å²) in [4.78, 5) is 32.4. The molecular weight excluding hydrogens is 410 g/mol. The van der Waals surface area contributed by atoms with Crippen molar-refractivity contribution in [3.63, 3.8) is 0 Å². The molecule has 0 unspecified atom stereocenters. The summed E-state index contributed by atoms with van der Waals surface area (Å²) in [6, 6.07) is 20.9. The van der Waals surface area contributed by atoms with Crippen molar-refractivity contribution < 1.29 is 9.59 Å². The molecule has 2 aliphatic heterocycles. The standard InChI is InChI=1S/C28H35N3O2/c32-26(13-7-10-23-8-3-1-4-9-23)30-16-14-28(15-17-30)22-25(28)27(33)31-20-18-29(19-21-31)24-11-5-2-6-12-24/h1-6,8-9,11-12,25H,7,10,13-22H2/t25-/m0/s1. The van der Waals surface area contributed by atoms with E-state index in [0.29, 0.717) is 12.3 Å². The van der Waals surface area contributed by atoms with Gasteiger partial charge in [-0.3, -0.25) is 9.59 Å². The van der Waals surface area contributed by atoms with Gasteiger partial charge in [0.25, 0.3) is 0 Å². The van der Waals surface area contributed by atoms with E-state index in [4.69, 9.17) is 0 Å². The van der Waals surface area contributed by atoms with Gasteiger partial charge in [-0.15, -0.1) is 0 Å². The zero-order chi connectivity index (χ0) is 22.7. The normalized spacial score (nSPS) is 21.8. The minimum atomic E-state index is 0.161. The molecule has 1 aliphatic carbocycles. The van der Waals surface area contributed by atoms with Crippen molar-refractivity contribution in [2.24, 2.45) is 11.3 Å². The minimum Gasteiger partial charge on any atom is -0.368 e. The predicted octanol–water partition coefficient (Wildman–Crippen LogP) is 3.99. The molecule has 2 aromatic rings. The number of likely N-dealkylation sites (tertiary alicyclic amines) is 1. The van der Waals surface area contributed by atoms with Gasteiger partial charge < -0.3 is 14.7 Å². The van der Waals surface area contributed by atoms with Gasteiger partial charge in [-0.1, -0.05) is 48.5 Å². The number of carbonyl (C=O) groups is 2. The summed E-state index contributed by atoms with van der Waals surface area (Å²) in [5.41, 5.74) is 2.70. The number of hydrogen-bond acceptors (Lipinski definition) is 3. The van der Waals surface area contributed by atoms with Crippen molar-refractivity contribution in [3.8, 4) is 0 Å². The summed E-state index contributed by atoms with van der Waals surface area (Å²) >= 11 is 0. The third-order valence-corrected chi connectivity index (χ3v) is 8.01. The number of aryl methyl sites for hydroxylation is 1. The molecule has 0 bridgehead atoms. The van der Waals surface area contributed by atoms with E-state index in [1.807, 2.05) is 17.0 Å². The smallest absolute Gasteiger partial charge is 0.226 e. The highest BCUT2D eigenvalue weighted by molar-refractivity contribution is 5.83. The average molecular weight is 446 g/mol. The minimum absolute atomic E-state index is 0.161. The lowest BCUT2D eigenvalue weighted by Crippen LogP contribution is -2.50. The molecule has 2 heterocycles. The first-order chi connectivity index (χ1) is 16.1. The summed E-state index contributed by atoms with van der Waals surface area (Å²) in [5, 5.41) is 0. The van der Waals surface area contributed by atoms with Gasteiger partial charge in [0.1, 0.15) is 0 Å². The molecule has 2 saturated heterocycles. The second-order valence-corrected chi connectivity index (χ2v) is 9.99. The van der Waals surface area contributed by atoms with E-state index in [9.17, 15) is 9.59 Å². The molecular formula is C28H35N3O2. The highest BCUT2D eigenvalue weighted by Gasteiger charge is 2.59. The zero-order valence-electron chi connectivity index (χ0n) is 19.5. The van der Waals surface area contributed by atoms with Crippen LogP contribution in [0.3, 0.4) is 0 Å². The van der Waals surface area contributed by atoms with Gasteiger partial charge in [0.05, 0.1) is 0 Å². The lowest BCUT2D eigenvalue weighted by molar-refractivity contribution is -0.134. The number of amides is 2. The van der Waals surface area contributed by atoms with Gasteiger partial charge >= 0.3 is 0 Å². The van der Waals surface area contributed by atoms with Gasteiger partial charge in [0.2, 0.25) is 11.8 Å². The van der Waals surface area contributed by atoms with Crippen molar-refractivity contribution in [2.45, 2.75) is 38.5 Å². The summed E-state index contributed by atoms with van der Waals surface area (Å²) in [6.07, 6.45) is 5.46. The number of rotatable bonds is 6. The molecule has 3 aliphatic rings. The number of nitrogens with zero attached hydrogens (tertiary/aromatic N) is 3. The van der Waals surface area contributed by atoms with Crippen LogP contribution in [0, 0.1) is 11.3 Å².